The molecule has 0 bridgehead atoms. The van der Waals surface area contributed by atoms with E-state index in [0.29, 0.717) is 15.0 Å². The fourth-order valence-electron chi connectivity index (χ4n) is 1.69. The molecule has 0 fully saturated rings. The molecule has 1 heterocycles. The van der Waals surface area contributed by atoms with Crippen LogP contribution in [0.2, 0.25) is 10.0 Å². The second-order valence-electron chi connectivity index (χ2n) is 3.93. The lowest BCUT2D eigenvalue weighted by Crippen LogP contribution is -2.10. The predicted molar refractivity (Wildman–Crippen MR) is 78.9 cm³/mol. The van der Waals surface area contributed by atoms with Gasteiger partial charge in [0.05, 0.1) is 27.1 Å². The van der Waals surface area contributed by atoms with Gasteiger partial charge in [-0.2, -0.15) is 5.10 Å². The Morgan fingerprint density at radius 2 is 2.00 bits per heavy atom. The molecule has 0 amide bonds. The summed E-state index contributed by atoms with van der Waals surface area (Å²) in [6.45, 7) is 3.74. The molecule has 2 rings (SSSR count). The first-order valence-corrected chi connectivity index (χ1v) is 6.39. The maximum absolute atomic E-state index is 6.22. The van der Waals surface area contributed by atoms with Crippen LogP contribution in [-0.4, -0.2) is 14.8 Å². The van der Waals surface area contributed by atoms with Crippen LogP contribution >= 0.6 is 35.4 Å². The van der Waals surface area contributed by atoms with Crippen molar-refractivity contribution in [2.45, 2.75) is 13.8 Å². The molecule has 0 spiro atoms. The van der Waals surface area contributed by atoms with E-state index in [0.717, 1.165) is 22.6 Å². The van der Waals surface area contributed by atoms with Crippen LogP contribution in [0.1, 0.15) is 17.0 Å². The fraction of sp³-hybridized carbons (Fsp3) is 0.167. The normalized spacial score (nSPS) is 10.7. The lowest BCUT2D eigenvalue weighted by Gasteiger charge is -2.08. The molecule has 0 saturated heterocycles. The van der Waals surface area contributed by atoms with Crippen molar-refractivity contribution in [1.29, 1.82) is 0 Å². The van der Waals surface area contributed by atoms with E-state index in [1.165, 1.54) is 0 Å². The minimum Gasteiger partial charge on any atom is -0.389 e. The molecule has 0 aliphatic carbocycles. The molecule has 0 radical (unpaired) electrons. The summed E-state index contributed by atoms with van der Waals surface area (Å²) < 4.78 is 1.71. The number of nitrogens with zero attached hydrogens (tertiary/aromatic N) is 2. The number of nitrogens with two attached hydrogens (primary N) is 1. The Hall–Kier alpha value is -1.10. The van der Waals surface area contributed by atoms with Crippen LogP contribution in [0.5, 0.6) is 0 Å². The van der Waals surface area contributed by atoms with E-state index in [-0.39, 0.29) is 0 Å². The van der Waals surface area contributed by atoms with E-state index < -0.39 is 0 Å². The number of benzene rings is 1. The van der Waals surface area contributed by atoms with Gasteiger partial charge in [0.1, 0.15) is 4.99 Å². The maximum Gasteiger partial charge on any atom is 0.104 e. The van der Waals surface area contributed by atoms with Crippen LogP contribution in [0.15, 0.2) is 18.2 Å². The van der Waals surface area contributed by atoms with Crippen molar-refractivity contribution in [2.75, 3.05) is 0 Å². The fourth-order valence-corrected chi connectivity index (χ4v) is 2.20. The second kappa shape index (κ2) is 4.88. The summed E-state index contributed by atoms with van der Waals surface area (Å²) in [7, 11) is 0. The Bertz CT molecular complexity index is 634. The van der Waals surface area contributed by atoms with Gasteiger partial charge in [0.2, 0.25) is 0 Å². The summed E-state index contributed by atoms with van der Waals surface area (Å²) in [4.78, 5) is 0.315. The average Bonchev–Trinajstić information content (AvgIpc) is 2.57. The number of thiocarbonyl (C=S) groups is 1. The van der Waals surface area contributed by atoms with Crippen LogP contribution < -0.4 is 5.73 Å². The summed E-state index contributed by atoms with van der Waals surface area (Å²) in [5.41, 5.74) is 8.65. The minimum atomic E-state index is 0.315. The summed E-state index contributed by atoms with van der Waals surface area (Å²) >= 11 is 17.2. The molecule has 2 N–H and O–H groups in total. The molecule has 18 heavy (non-hydrogen) atoms. The van der Waals surface area contributed by atoms with E-state index in [1.807, 2.05) is 26.0 Å². The van der Waals surface area contributed by atoms with Crippen molar-refractivity contribution in [1.82, 2.24) is 9.78 Å². The molecular formula is C12H11Cl2N3S. The van der Waals surface area contributed by atoms with Crippen LogP contribution in [-0.2, 0) is 0 Å². The molecule has 94 valence electrons. The van der Waals surface area contributed by atoms with Crippen LogP contribution in [0.25, 0.3) is 5.69 Å². The standard InChI is InChI=1S/C12H11Cl2N3S/c1-6-11(14)7(2)17(16-6)10-4-3-8(12(15)18)5-9(10)13/h3-5H,1-2H3,(H2,15,18). The van der Waals surface area contributed by atoms with Crippen LogP contribution in [0.4, 0.5) is 0 Å². The Morgan fingerprint density at radius 3 is 2.44 bits per heavy atom. The lowest BCUT2D eigenvalue weighted by atomic mass is 10.2. The molecule has 0 saturated carbocycles. The molecule has 0 aliphatic heterocycles. The van der Waals surface area contributed by atoms with Gasteiger partial charge in [-0.15, -0.1) is 0 Å². The highest BCUT2D eigenvalue weighted by Gasteiger charge is 2.13. The Kier molecular flexibility index (Phi) is 3.61. The van der Waals surface area contributed by atoms with Gasteiger partial charge in [0, 0.05) is 5.56 Å². The number of aromatic nitrogens is 2. The van der Waals surface area contributed by atoms with Crippen LogP contribution in [0, 0.1) is 13.8 Å². The van der Waals surface area contributed by atoms with Crippen molar-refractivity contribution in [3.63, 3.8) is 0 Å². The lowest BCUT2D eigenvalue weighted by molar-refractivity contribution is 0.834. The minimum absolute atomic E-state index is 0.315. The topological polar surface area (TPSA) is 43.8 Å². The maximum atomic E-state index is 6.22. The quantitative estimate of drug-likeness (QED) is 0.864. The molecule has 0 unspecified atom stereocenters. The van der Waals surface area contributed by atoms with Crippen molar-refractivity contribution in [3.05, 3.63) is 45.2 Å². The third-order valence-corrected chi connectivity index (χ3v) is 3.75. The zero-order valence-electron chi connectivity index (χ0n) is 9.87. The van der Waals surface area contributed by atoms with Gasteiger partial charge in [-0.1, -0.05) is 35.4 Å². The van der Waals surface area contributed by atoms with Crippen molar-refractivity contribution in [3.8, 4) is 5.69 Å². The van der Waals surface area contributed by atoms with Gasteiger partial charge in [0.25, 0.3) is 0 Å². The predicted octanol–water partition coefficient (Wildman–Crippen LogP) is 3.43. The third kappa shape index (κ3) is 2.23. The van der Waals surface area contributed by atoms with Gasteiger partial charge in [0.15, 0.2) is 0 Å². The number of hydrogen-bond donors (Lipinski definition) is 1. The highest BCUT2D eigenvalue weighted by molar-refractivity contribution is 7.80. The Morgan fingerprint density at radius 1 is 1.33 bits per heavy atom. The Balaban J connectivity index is 2.58. The first-order valence-electron chi connectivity index (χ1n) is 5.23. The summed E-state index contributed by atoms with van der Waals surface area (Å²) in [5, 5.41) is 5.52. The Labute approximate surface area is 120 Å². The van der Waals surface area contributed by atoms with E-state index in [4.69, 9.17) is 41.2 Å². The van der Waals surface area contributed by atoms with Gasteiger partial charge in [-0.25, -0.2) is 4.68 Å². The van der Waals surface area contributed by atoms with E-state index >= 15 is 0 Å². The first-order chi connectivity index (χ1) is 8.41. The van der Waals surface area contributed by atoms with Crippen LogP contribution in [0.3, 0.4) is 0 Å². The highest BCUT2D eigenvalue weighted by atomic mass is 35.5. The van der Waals surface area contributed by atoms with E-state index in [1.54, 1.807) is 10.7 Å². The molecule has 6 heteroatoms. The summed E-state index contributed by atoms with van der Waals surface area (Å²) in [6.07, 6.45) is 0. The van der Waals surface area contributed by atoms with Gasteiger partial charge >= 0.3 is 0 Å². The number of rotatable bonds is 2. The second-order valence-corrected chi connectivity index (χ2v) is 5.15. The van der Waals surface area contributed by atoms with Crippen molar-refractivity contribution in [2.24, 2.45) is 5.73 Å². The molecule has 2 aromatic rings. The van der Waals surface area contributed by atoms with Gasteiger partial charge in [-0.3, -0.25) is 0 Å². The average molecular weight is 300 g/mol. The molecule has 0 aliphatic rings. The first kappa shape index (κ1) is 13.3. The van der Waals surface area contributed by atoms with E-state index in [9.17, 15) is 0 Å². The van der Waals surface area contributed by atoms with Crippen molar-refractivity contribution < 1.29 is 0 Å². The molecule has 1 aromatic carbocycles. The molecule has 1 aromatic heterocycles. The smallest absolute Gasteiger partial charge is 0.104 e. The van der Waals surface area contributed by atoms with Gasteiger partial charge in [-0.05, 0) is 32.0 Å². The summed E-state index contributed by atoms with van der Waals surface area (Å²) in [5.74, 6) is 0. The molecule has 3 nitrogen and oxygen atoms in total. The third-order valence-electron chi connectivity index (χ3n) is 2.66. The summed E-state index contributed by atoms with van der Waals surface area (Å²) in [6, 6.07) is 5.37. The zero-order valence-corrected chi connectivity index (χ0v) is 12.2. The zero-order chi connectivity index (χ0) is 13.4. The molecular weight excluding hydrogens is 289 g/mol. The van der Waals surface area contributed by atoms with Gasteiger partial charge < -0.3 is 5.73 Å². The monoisotopic (exact) mass is 299 g/mol. The SMILES string of the molecule is Cc1nn(-c2ccc(C(N)=S)cc2Cl)c(C)c1Cl. The number of halogens is 2. The van der Waals surface area contributed by atoms with Crippen molar-refractivity contribution >= 4 is 40.4 Å². The number of aryl methyl sites for hydroxylation is 1. The highest BCUT2D eigenvalue weighted by Crippen LogP contribution is 2.27. The largest absolute Gasteiger partial charge is 0.389 e. The number of hydrogen-bond acceptors (Lipinski definition) is 2. The molecule has 0 atom stereocenters. The van der Waals surface area contributed by atoms with E-state index in [2.05, 4.69) is 5.10 Å².